The van der Waals surface area contributed by atoms with Gasteiger partial charge in [-0.1, -0.05) is 19.2 Å². The predicted octanol–water partition coefficient (Wildman–Crippen LogP) is 3.40. The van der Waals surface area contributed by atoms with Crippen LogP contribution in [-0.4, -0.2) is 64.2 Å². The molecule has 2 aromatic rings. The number of ether oxygens (including phenoxy) is 1. The molecule has 3 heterocycles. The Bertz CT molecular complexity index is 905. The van der Waals surface area contributed by atoms with Crippen molar-refractivity contribution >= 4 is 12.2 Å². The number of pyridine rings is 1. The van der Waals surface area contributed by atoms with Crippen LogP contribution in [0.25, 0.3) is 12.2 Å². The number of aromatic nitrogens is 3. The van der Waals surface area contributed by atoms with Crippen LogP contribution in [0, 0.1) is 0 Å². The van der Waals surface area contributed by atoms with Gasteiger partial charge in [-0.25, -0.2) is 4.98 Å². The van der Waals surface area contributed by atoms with Crippen LogP contribution < -0.4 is 0 Å². The molecule has 0 N–H and O–H groups in total. The van der Waals surface area contributed by atoms with Crippen molar-refractivity contribution in [3.63, 3.8) is 0 Å². The smallest absolute Gasteiger partial charge is 0.124 e. The van der Waals surface area contributed by atoms with E-state index >= 15 is 0 Å². The SMILES string of the molecule is C=Cc1nc(CN(C)C2CCCc3cccnc32)n(CC2CN(C)CCO2)c1C=C. The van der Waals surface area contributed by atoms with Crippen molar-refractivity contribution in [2.45, 2.75) is 44.5 Å². The zero-order valence-corrected chi connectivity index (χ0v) is 18.3. The van der Waals surface area contributed by atoms with Gasteiger partial charge >= 0.3 is 0 Å². The number of aryl methyl sites for hydroxylation is 1. The van der Waals surface area contributed by atoms with Crippen LogP contribution >= 0.6 is 0 Å². The molecule has 0 aromatic carbocycles. The summed E-state index contributed by atoms with van der Waals surface area (Å²) in [4.78, 5) is 14.3. The first-order valence-corrected chi connectivity index (χ1v) is 10.9. The molecule has 1 aliphatic heterocycles. The average Bonchev–Trinajstić information content (AvgIpc) is 3.09. The van der Waals surface area contributed by atoms with Gasteiger partial charge < -0.3 is 14.2 Å². The molecule has 2 aromatic heterocycles. The Hall–Kier alpha value is -2.28. The summed E-state index contributed by atoms with van der Waals surface area (Å²) in [7, 11) is 4.33. The molecule has 6 nitrogen and oxygen atoms in total. The number of rotatable bonds is 7. The molecule has 2 aliphatic rings. The second-order valence-electron chi connectivity index (χ2n) is 8.44. The van der Waals surface area contributed by atoms with Crippen LogP contribution in [-0.2, 0) is 24.2 Å². The van der Waals surface area contributed by atoms with Gasteiger partial charge in [-0.05, 0) is 57.1 Å². The fourth-order valence-electron chi connectivity index (χ4n) is 4.75. The lowest BCUT2D eigenvalue weighted by molar-refractivity contribution is -0.0281. The van der Waals surface area contributed by atoms with Crippen LogP contribution in [0.15, 0.2) is 31.5 Å². The highest BCUT2D eigenvalue weighted by Crippen LogP contribution is 2.33. The van der Waals surface area contributed by atoms with E-state index in [-0.39, 0.29) is 6.10 Å². The summed E-state index contributed by atoms with van der Waals surface area (Å²) in [5.74, 6) is 1.03. The van der Waals surface area contributed by atoms with Crippen molar-refractivity contribution < 1.29 is 4.74 Å². The normalized spacial score (nSPS) is 22.1. The van der Waals surface area contributed by atoms with Gasteiger partial charge in [-0.2, -0.15) is 0 Å². The molecule has 1 fully saturated rings. The number of imidazole rings is 1. The molecular weight excluding hydrogens is 374 g/mol. The van der Waals surface area contributed by atoms with Crippen molar-refractivity contribution in [1.29, 1.82) is 0 Å². The number of morpholine rings is 1. The van der Waals surface area contributed by atoms with Gasteiger partial charge in [-0.15, -0.1) is 0 Å². The Morgan fingerprint density at radius 1 is 1.33 bits per heavy atom. The Morgan fingerprint density at radius 3 is 2.97 bits per heavy atom. The maximum atomic E-state index is 6.04. The first-order valence-electron chi connectivity index (χ1n) is 10.9. The van der Waals surface area contributed by atoms with Crippen molar-refractivity contribution in [3.8, 4) is 0 Å². The van der Waals surface area contributed by atoms with E-state index in [9.17, 15) is 0 Å². The molecule has 0 spiro atoms. The van der Waals surface area contributed by atoms with Gasteiger partial charge in [0, 0.05) is 19.3 Å². The monoisotopic (exact) mass is 407 g/mol. The zero-order chi connectivity index (χ0) is 21.1. The standard InChI is InChI=1S/C24H33N5O/c1-5-20-21(6-2)29(16-19-15-27(3)13-14-30-19)23(26-20)17-28(4)22-11-7-9-18-10-8-12-25-24(18)22/h5-6,8,10,12,19,22H,1-2,7,9,11,13-17H2,3-4H3. The summed E-state index contributed by atoms with van der Waals surface area (Å²) < 4.78 is 8.31. The summed E-state index contributed by atoms with van der Waals surface area (Å²) in [6.07, 6.45) is 9.21. The molecule has 6 heteroatoms. The molecule has 1 aliphatic carbocycles. The number of likely N-dealkylation sites (N-methyl/N-ethyl adjacent to an activating group) is 1. The van der Waals surface area contributed by atoms with Crippen LogP contribution in [0.4, 0.5) is 0 Å². The molecule has 0 bridgehead atoms. The molecule has 160 valence electrons. The number of hydrogen-bond acceptors (Lipinski definition) is 5. The molecular formula is C24H33N5O. The van der Waals surface area contributed by atoms with E-state index in [1.807, 2.05) is 24.4 Å². The fourth-order valence-corrected chi connectivity index (χ4v) is 4.75. The topological polar surface area (TPSA) is 46.4 Å². The van der Waals surface area contributed by atoms with Gasteiger partial charge in [0.15, 0.2) is 0 Å². The van der Waals surface area contributed by atoms with Gasteiger partial charge in [0.1, 0.15) is 5.82 Å². The van der Waals surface area contributed by atoms with Crippen LogP contribution in [0.3, 0.4) is 0 Å². The van der Waals surface area contributed by atoms with E-state index in [4.69, 9.17) is 14.7 Å². The maximum absolute atomic E-state index is 6.04. The van der Waals surface area contributed by atoms with E-state index in [0.29, 0.717) is 6.04 Å². The highest BCUT2D eigenvalue weighted by molar-refractivity contribution is 5.58. The molecule has 2 atom stereocenters. The fraction of sp³-hybridized carbons (Fsp3) is 0.500. The summed E-state index contributed by atoms with van der Waals surface area (Å²) in [6, 6.07) is 4.57. The zero-order valence-electron chi connectivity index (χ0n) is 18.3. The van der Waals surface area contributed by atoms with Crippen LogP contribution in [0.2, 0.25) is 0 Å². The quantitative estimate of drug-likeness (QED) is 0.704. The number of fused-ring (bicyclic) bond motifs is 1. The molecule has 0 amide bonds. The summed E-state index contributed by atoms with van der Waals surface area (Å²) in [5.41, 5.74) is 4.50. The summed E-state index contributed by atoms with van der Waals surface area (Å²) >= 11 is 0. The predicted molar refractivity (Wildman–Crippen MR) is 121 cm³/mol. The molecule has 0 radical (unpaired) electrons. The van der Waals surface area contributed by atoms with Crippen LogP contribution in [0.1, 0.15) is 47.4 Å². The minimum absolute atomic E-state index is 0.149. The first kappa shape index (κ1) is 21.0. The minimum atomic E-state index is 0.149. The molecule has 30 heavy (non-hydrogen) atoms. The number of hydrogen-bond donors (Lipinski definition) is 0. The Balaban J connectivity index is 1.60. The van der Waals surface area contributed by atoms with Crippen molar-refractivity contribution in [3.05, 3.63) is 60.0 Å². The van der Waals surface area contributed by atoms with Crippen molar-refractivity contribution in [1.82, 2.24) is 24.3 Å². The molecule has 1 saturated heterocycles. The van der Waals surface area contributed by atoms with Crippen LogP contribution in [0.5, 0.6) is 0 Å². The summed E-state index contributed by atoms with van der Waals surface area (Å²) in [5, 5.41) is 0. The minimum Gasteiger partial charge on any atom is -0.374 e. The van der Waals surface area contributed by atoms with E-state index < -0.39 is 0 Å². The molecule has 0 saturated carbocycles. The van der Waals surface area contributed by atoms with E-state index in [0.717, 1.165) is 62.8 Å². The molecule has 4 rings (SSSR count). The maximum Gasteiger partial charge on any atom is 0.124 e. The van der Waals surface area contributed by atoms with Crippen molar-refractivity contribution in [2.24, 2.45) is 0 Å². The van der Waals surface area contributed by atoms with Crippen molar-refractivity contribution in [2.75, 3.05) is 33.8 Å². The lowest BCUT2D eigenvalue weighted by Crippen LogP contribution is -2.42. The van der Waals surface area contributed by atoms with E-state index in [1.165, 1.54) is 17.7 Å². The Morgan fingerprint density at radius 2 is 2.20 bits per heavy atom. The van der Waals surface area contributed by atoms with Gasteiger partial charge in [-0.3, -0.25) is 9.88 Å². The highest BCUT2D eigenvalue weighted by Gasteiger charge is 2.27. The van der Waals surface area contributed by atoms with E-state index in [1.54, 1.807) is 0 Å². The largest absolute Gasteiger partial charge is 0.374 e. The first-order chi connectivity index (χ1) is 14.6. The van der Waals surface area contributed by atoms with Gasteiger partial charge in [0.05, 0.1) is 48.9 Å². The lowest BCUT2D eigenvalue weighted by atomic mass is 9.91. The van der Waals surface area contributed by atoms with Gasteiger partial charge in [0.2, 0.25) is 0 Å². The Kier molecular flexibility index (Phi) is 6.46. The molecule has 2 unspecified atom stereocenters. The third kappa shape index (κ3) is 4.26. The second-order valence-corrected chi connectivity index (χ2v) is 8.44. The highest BCUT2D eigenvalue weighted by atomic mass is 16.5. The van der Waals surface area contributed by atoms with Gasteiger partial charge in [0.25, 0.3) is 0 Å². The van der Waals surface area contributed by atoms with E-state index in [2.05, 4.69) is 47.7 Å². The average molecular weight is 408 g/mol. The summed E-state index contributed by atoms with van der Waals surface area (Å²) in [6.45, 7) is 12.2. The third-order valence-electron chi connectivity index (χ3n) is 6.32. The number of nitrogens with zero attached hydrogens (tertiary/aromatic N) is 5. The Labute approximate surface area is 179 Å². The third-order valence-corrected chi connectivity index (χ3v) is 6.32. The lowest BCUT2D eigenvalue weighted by Gasteiger charge is -2.33. The second kappa shape index (κ2) is 9.25.